The fourth-order valence-corrected chi connectivity index (χ4v) is 4.15. The van der Waals surface area contributed by atoms with E-state index in [9.17, 15) is 4.79 Å². The molecule has 0 saturated carbocycles. The van der Waals surface area contributed by atoms with E-state index in [4.69, 9.17) is 4.98 Å². The molecule has 5 rings (SSSR count). The molecule has 0 radical (unpaired) electrons. The van der Waals surface area contributed by atoms with Gasteiger partial charge in [0, 0.05) is 31.4 Å². The molecule has 140 valence electrons. The number of pyridine rings is 1. The second kappa shape index (κ2) is 7.01. The molecule has 5 heterocycles. The van der Waals surface area contributed by atoms with Gasteiger partial charge in [0.25, 0.3) is 5.56 Å². The van der Waals surface area contributed by atoms with Gasteiger partial charge in [-0.1, -0.05) is 6.07 Å². The monoisotopic (exact) mass is 391 g/mol. The molecule has 4 aromatic heterocycles. The lowest BCUT2D eigenvalue weighted by Crippen LogP contribution is -2.28. The quantitative estimate of drug-likeness (QED) is 0.551. The summed E-state index contributed by atoms with van der Waals surface area (Å²) in [4.78, 5) is 35.2. The van der Waals surface area contributed by atoms with Crippen LogP contribution < -0.4 is 15.8 Å². The van der Waals surface area contributed by atoms with Crippen LogP contribution in [0, 0.1) is 0 Å². The Bertz CT molecular complexity index is 1170. The average Bonchev–Trinajstić information content (AvgIpc) is 3.38. The van der Waals surface area contributed by atoms with Crippen molar-refractivity contribution in [2.75, 3.05) is 23.3 Å². The normalized spacial score (nSPS) is 16.6. The van der Waals surface area contributed by atoms with Crippen molar-refractivity contribution in [2.45, 2.75) is 12.5 Å². The highest BCUT2D eigenvalue weighted by atomic mass is 32.1. The predicted octanol–water partition coefficient (Wildman–Crippen LogP) is 2.53. The molecule has 0 spiro atoms. The summed E-state index contributed by atoms with van der Waals surface area (Å²) in [6.45, 7) is 1.59. The summed E-state index contributed by atoms with van der Waals surface area (Å²) in [6, 6.07) is 9.49. The first-order chi connectivity index (χ1) is 13.8. The van der Waals surface area contributed by atoms with Gasteiger partial charge in [0.05, 0.1) is 11.7 Å². The Kier molecular flexibility index (Phi) is 4.21. The van der Waals surface area contributed by atoms with Crippen molar-refractivity contribution in [3.63, 3.8) is 0 Å². The molecule has 1 aliphatic heterocycles. The fraction of sp³-hybridized carbons (Fsp3) is 0.211. The van der Waals surface area contributed by atoms with Crippen LogP contribution in [-0.4, -0.2) is 44.1 Å². The molecule has 28 heavy (non-hydrogen) atoms. The third kappa shape index (κ3) is 3.20. The van der Waals surface area contributed by atoms with E-state index in [1.54, 1.807) is 17.5 Å². The van der Waals surface area contributed by atoms with Gasteiger partial charge in [-0.25, -0.2) is 15.0 Å². The van der Waals surface area contributed by atoms with Crippen LogP contribution in [0.5, 0.6) is 0 Å². The smallest absolute Gasteiger partial charge is 0.252 e. The number of fused-ring (bicyclic) bond motifs is 1. The summed E-state index contributed by atoms with van der Waals surface area (Å²) in [5.74, 6) is 2.13. The first-order valence-corrected chi connectivity index (χ1v) is 9.87. The van der Waals surface area contributed by atoms with Crippen molar-refractivity contribution < 1.29 is 0 Å². The number of nitrogens with zero attached hydrogens (tertiary/aromatic N) is 5. The van der Waals surface area contributed by atoms with E-state index in [1.807, 2.05) is 29.6 Å². The van der Waals surface area contributed by atoms with Crippen molar-refractivity contribution in [1.82, 2.24) is 24.9 Å². The van der Waals surface area contributed by atoms with E-state index in [0.717, 1.165) is 41.2 Å². The third-order valence-corrected chi connectivity index (χ3v) is 5.54. The zero-order valence-electron chi connectivity index (χ0n) is 14.9. The van der Waals surface area contributed by atoms with Crippen LogP contribution in [0.25, 0.3) is 21.7 Å². The van der Waals surface area contributed by atoms with Crippen LogP contribution >= 0.6 is 11.3 Å². The van der Waals surface area contributed by atoms with Crippen LogP contribution in [0.4, 0.5) is 11.6 Å². The highest BCUT2D eigenvalue weighted by molar-refractivity contribution is 7.16. The van der Waals surface area contributed by atoms with Crippen LogP contribution in [-0.2, 0) is 0 Å². The van der Waals surface area contributed by atoms with Crippen molar-refractivity contribution in [3.05, 3.63) is 58.6 Å². The Morgan fingerprint density at radius 2 is 2.18 bits per heavy atom. The van der Waals surface area contributed by atoms with Crippen molar-refractivity contribution in [2.24, 2.45) is 0 Å². The Hall–Kier alpha value is -3.33. The van der Waals surface area contributed by atoms with Gasteiger partial charge in [-0.05, 0) is 30.0 Å². The first-order valence-electron chi connectivity index (χ1n) is 8.99. The number of thiophene rings is 1. The maximum absolute atomic E-state index is 11.5. The number of anilines is 2. The lowest BCUT2D eigenvalue weighted by Gasteiger charge is -2.18. The van der Waals surface area contributed by atoms with Gasteiger partial charge in [-0.2, -0.15) is 0 Å². The maximum atomic E-state index is 11.5. The number of nitrogens with one attached hydrogen (secondary N) is 2. The molecular weight excluding hydrogens is 374 g/mol. The van der Waals surface area contributed by atoms with Gasteiger partial charge in [0.2, 0.25) is 0 Å². The minimum absolute atomic E-state index is 0.141. The van der Waals surface area contributed by atoms with Gasteiger partial charge in [0.1, 0.15) is 22.2 Å². The molecule has 1 atom stereocenters. The predicted molar refractivity (Wildman–Crippen MR) is 110 cm³/mol. The Labute approximate surface area is 164 Å². The summed E-state index contributed by atoms with van der Waals surface area (Å²) in [6.07, 6.45) is 4.12. The average molecular weight is 391 g/mol. The molecule has 0 amide bonds. The van der Waals surface area contributed by atoms with Crippen LogP contribution in [0.3, 0.4) is 0 Å². The van der Waals surface area contributed by atoms with Gasteiger partial charge in [0.15, 0.2) is 5.82 Å². The van der Waals surface area contributed by atoms with Crippen LogP contribution in [0.2, 0.25) is 0 Å². The number of rotatable bonds is 4. The SMILES string of the molecule is O=c1cc(N2CCC(Nc3nc(-c4ccccn4)nc4sccc34)C2)nc[nH]1. The lowest BCUT2D eigenvalue weighted by atomic mass is 10.2. The van der Waals surface area contributed by atoms with Crippen LogP contribution in [0.15, 0.2) is 53.0 Å². The zero-order valence-corrected chi connectivity index (χ0v) is 15.7. The number of hydrogen-bond donors (Lipinski definition) is 2. The number of hydrogen-bond acceptors (Lipinski definition) is 8. The number of H-pyrrole nitrogens is 1. The summed E-state index contributed by atoms with van der Waals surface area (Å²) < 4.78 is 0. The van der Waals surface area contributed by atoms with Crippen molar-refractivity contribution in [1.29, 1.82) is 0 Å². The standard InChI is InChI=1S/C19H17N7OS/c27-16-9-15(21-11-22-16)26-7-4-12(10-26)23-17-13-5-8-28-19(13)25-18(24-17)14-3-1-2-6-20-14/h1-3,5-6,8-9,11-12H,4,7,10H2,(H,21,22,27)(H,23,24,25). The van der Waals surface area contributed by atoms with E-state index in [2.05, 4.69) is 30.2 Å². The van der Waals surface area contributed by atoms with Crippen molar-refractivity contribution >= 4 is 33.2 Å². The third-order valence-electron chi connectivity index (χ3n) is 4.74. The Morgan fingerprint density at radius 3 is 3.04 bits per heavy atom. The zero-order chi connectivity index (χ0) is 18.9. The molecule has 1 unspecified atom stereocenters. The fourth-order valence-electron chi connectivity index (χ4n) is 3.39. The summed E-state index contributed by atoms with van der Waals surface area (Å²) in [5.41, 5.74) is 0.610. The maximum Gasteiger partial charge on any atom is 0.252 e. The second-order valence-electron chi connectivity index (χ2n) is 6.60. The largest absolute Gasteiger partial charge is 0.365 e. The number of aromatic amines is 1. The summed E-state index contributed by atoms with van der Waals surface area (Å²) in [5, 5.41) is 6.60. The number of aromatic nitrogens is 5. The minimum atomic E-state index is -0.141. The van der Waals surface area contributed by atoms with E-state index < -0.39 is 0 Å². The van der Waals surface area contributed by atoms with E-state index in [-0.39, 0.29) is 11.6 Å². The second-order valence-corrected chi connectivity index (χ2v) is 7.49. The molecular formula is C19H17N7OS. The van der Waals surface area contributed by atoms with Gasteiger partial charge < -0.3 is 15.2 Å². The first kappa shape index (κ1) is 16.8. The van der Waals surface area contributed by atoms with Crippen LogP contribution in [0.1, 0.15) is 6.42 Å². The minimum Gasteiger partial charge on any atom is -0.365 e. The van der Waals surface area contributed by atoms with Gasteiger partial charge >= 0.3 is 0 Å². The van der Waals surface area contributed by atoms with Gasteiger partial charge in [-0.15, -0.1) is 11.3 Å². The molecule has 0 bridgehead atoms. The summed E-state index contributed by atoms with van der Waals surface area (Å²) in [7, 11) is 0. The van der Waals surface area contributed by atoms with E-state index in [1.165, 1.54) is 12.4 Å². The van der Waals surface area contributed by atoms with E-state index in [0.29, 0.717) is 11.6 Å². The van der Waals surface area contributed by atoms with E-state index >= 15 is 0 Å². The van der Waals surface area contributed by atoms with Gasteiger partial charge in [-0.3, -0.25) is 9.78 Å². The lowest BCUT2D eigenvalue weighted by molar-refractivity contribution is 0.801. The highest BCUT2D eigenvalue weighted by Gasteiger charge is 2.25. The molecule has 2 N–H and O–H groups in total. The van der Waals surface area contributed by atoms with Crippen molar-refractivity contribution in [3.8, 4) is 11.5 Å². The summed E-state index contributed by atoms with van der Waals surface area (Å²) >= 11 is 1.59. The topological polar surface area (TPSA) is 99.7 Å². The molecule has 1 saturated heterocycles. The Balaban J connectivity index is 1.42. The molecule has 1 fully saturated rings. The molecule has 8 nitrogen and oxygen atoms in total. The highest BCUT2D eigenvalue weighted by Crippen LogP contribution is 2.29. The molecule has 9 heteroatoms. The molecule has 0 aliphatic carbocycles. The molecule has 0 aromatic carbocycles. The Morgan fingerprint density at radius 1 is 1.21 bits per heavy atom. The molecule has 4 aromatic rings. The molecule has 1 aliphatic rings.